The minimum absolute atomic E-state index is 0.197. The molecule has 2 rings (SSSR count). The highest BCUT2D eigenvalue weighted by atomic mass is 35.5. The maximum atomic E-state index is 11.4. The first-order valence-corrected chi connectivity index (χ1v) is 7.64. The van der Waals surface area contributed by atoms with E-state index in [2.05, 4.69) is 10.3 Å². The van der Waals surface area contributed by atoms with Gasteiger partial charge < -0.3 is 5.32 Å². The Morgan fingerprint density at radius 3 is 2.94 bits per heavy atom. The summed E-state index contributed by atoms with van der Waals surface area (Å²) in [6.07, 6.45) is 3.92. The van der Waals surface area contributed by atoms with E-state index >= 15 is 0 Å². The minimum atomic E-state index is -2.88. The fourth-order valence-electron chi connectivity index (χ4n) is 2.01. The summed E-state index contributed by atoms with van der Waals surface area (Å²) in [7, 11) is -2.88. The molecule has 1 fully saturated rings. The van der Waals surface area contributed by atoms with Crippen molar-refractivity contribution in [1.82, 2.24) is 10.3 Å². The van der Waals surface area contributed by atoms with Crippen molar-refractivity contribution < 1.29 is 8.42 Å². The monoisotopic (exact) mass is 274 g/mol. The van der Waals surface area contributed by atoms with Crippen LogP contribution in [0.3, 0.4) is 0 Å². The predicted molar refractivity (Wildman–Crippen MR) is 67.8 cm³/mol. The molecule has 17 heavy (non-hydrogen) atoms. The number of hydrogen-bond donors (Lipinski definition) is 1. The van der Waals surface area contributed by atoms with Crippen LogP contribution in [-0.2, 0) is 16.4 Å². The number of sulfone groups is 1. The Morgan fingerprint density at radius 2 is 2.35 bits per heavy atom. The quantitative estimate of drug-likeness (QED) is 0.905. The van der Waals surface area contributed by atoms with Gasteiger partial charge in [0.1, 0.15) is 0 Å². The molecule has 0 aromatic carbocycles. The van der Waals surface area contributed by atoms with Gasteiger partial charge in [0.15, 0.2) is 9.84 Å². The van der Waals surface area contributed by atoms with Gasteiger partial charge in [0.2, 0.25) is 0 Å². The average Bonchev–Trinajstić information content (AvgIpc) is 2.53. The topological polar surface area (TPSA) is 59.1 Å². The first-order chi connectivity index (χ1) is 7.90. The highest BCUT2D eigenvalue weighted by Gasteiger charge is 2.37. The number of pyridine rings is 1. The molecule has 0 bridgehead atoms. The van der Waals surface area contributed by atoms with E-state index in [9.17, 15) is 8.42 Å². The molecule has 94 valence electrons. The Morgan fingerprint density at radius 1 is 1.59 bits per heavy atom. The van der Waals surface area contributed by atoms with Crippen molar-refractivity contribution in [3.8, 4) is 0 Å². The molecule has 0 radical (unpaired) electrons. The summed E-state index contributed by atoms with van der Waals surface area (Å²) in [6, 6.07) is 1.84. The lowest BCUT2D eigenvalue weighted by molar-refractivity contribution is 0.395. The molecule has 1 aliphatic rings. The van der Waals surface area contributed by atoms with Crippen LogP contribution < -0.4 is 5.32 Å². The summed E-state index contributed by atoms with van der Waals surface area (Å²) in [5.41, 5.74) is 0.595. The molecule has 2 heterocycles. The van der Waals surface area contributed by atoms with Gasteiger partial charge in [-0.05, 0) is 25.0 Å². The number of aromatic nitrogens is 1. The van der Waals surface area contributed by atoms with Crippen LogP contribution in [0.1, 0.15) is 18.9 Å². The maximum Gasteiger partial charge on any atom is 0.152 e. The van der Waals surface area contributed by atoms with Crippen LogP contribution in [0.2, 0.25) is 5.02 Å². The van der Waals surface area contributed by atoms with E-state index in [0.29, 0.717) is 18.0 Å². The highest BCUT2D eigenvalue weighted by Crippen LogP contribution is 2.24. The van der Waals surface area contributed by atoms with E-state index in [0.717, 1.165) is 5.56 Å². The molecule has 1 aromatic heterocycles. The fourth-order valence-corrected chi connectivity index (χ4v) is 4.32. The van der Waals surface area contributed by atoms with Crippen molar-refractivity contribution in [2.24, 2.45) is 0 Å². The molecule has 4 nitrogen and oxygen atoms in total. The second-order valence-electron chi connectivity index (χ2n) is 4.72. The van der Waals surface area contributed by atoms with E-state index in [4.69, 9.17) is 11.6 Å². The van der Waals surface area contributed by atoms with Crippen molar-refractivity contribution in [3.05, 3.63) is 29.0 Å². The number of rotatable bonds is 3. The van der Waals surface area contributed by atoms with Gasteiger partial charge in [0.25, 0.3) is 0 Å². The number of nitrogens with one attached hydrogen (secondary N) is 1. The lowest BCUT2D eigenvalue weighted by atomic mass is 10.0. The molecule has 1 unspecified atom stereocenters. The van der Waals surface area contributed by atoms with Crippen molar-refractivity contribution in [2.45, 2.75) is 25.4 Å². The Bertz CT molecular complexity index is 518. The first kappa shape index (κ1) is 12.8. The number of nitrogens with zero attached hydrogens (tertiary/aromatic N) is 1. The van der Waals surface area contributed by atoms with E-state index in [1.165, 1.54) is 0 Å². The van der Waals surface area contributed by atoms with Gasteiger partial charge in [-0.1, -0.05) is 11.6 Å². The van der Waals surface area contributed by atoms with E-state index in [-0.39, 0.29) is 17.0 Å². The highest BCUT2D eigenvalue weighted by molar-refractivity contribution is 7.91. The van der Waals surface area contributed by atoms with E-state index in [1.54, 1.807) is 12.4 Å². The lowest BCUT2D eigenvalue weighted by Gasteiger charge is -2.24. The molecule has 0 saturated carbocycles. The summed E-state index contributed by atoms with van der Waals surface area (Å²) in [4.78, 5) is 3.91. The molecule has 6 heteroatoms. The van der Waals surface area contributed by atoms with Gasteiger partial charge in [-0.25, -0.2) is 8.42 Å². The second-order valence-corrected chi connectivity index (χ2v) is 7.31. The van der Waals surface area contributed by atoms with Gasteiger partial charge in [0, 0.05) is 24.5 Å². The third kappa shape index (κ3) is 3.18. The molecule has 1 N–H and O–H groups in total. The van der Waals surface area contributed by atoms with Gasteiger partial charge in [0.05, 0.1) is 16.5 Å². The molecule has 1 aromatic rings. The van der Waals surface area contributed by atoms with Crippen LogP contribution in [0.25, 0.3) is 0 Å². The largest absolute Gasteiger partial charge is 0.306 e. The SMILES string of the molecule is CC1(NCc2ccncc2Cl)CCS(=O)(=O)C1. The van der Waals surface area contributed by atoms with Crippen molar-refractivity contribution in [3.63, 3.8) is 0 Å². The summed E-state index contributed by atoms with van der Waals surface area (Å²) in [6.45, 7) is 2.50. The molecule has 0 spiro atoms. The first-order valence-electron chi connectivity index (χ1n) is 5.44. The normalized spacial score (nSPS) is 27.2. The average molecular weight is 275 g/mol. The van der Waals surface area contributed by atoms with Gasteiger partial charge >= 0.3 is 0 Å². The lowest BCUT2D eigenvalue weighted by Crippen LogP contribution is -2.42. The third-order valence-electron chi connectivity index (χ3n) is 3.07. The second kappa shape index (κ2) is 4.55. The Hall–Kier alpha value is -0.650. The minimum Gasteiger partial charge on any atom is -0.306 e. The zero-order chi connectivity index (χ0) is 12.5. The van der Waals surface area contributed by atoms with Crippen LogP contribution >= 0.6 is 11.6 Å². The Kier molecular flexibility index (Phi) is 3.43. The zero-order valence-electron chi connectivity index (χ0n) is 9.61. The van der Waals surface area contributed by atoms with Crippen LogP contribution in [0.4, 0.5) is 0 Å². The molecule has 1 aliphatic heterocycles. The zero-order valence-corrected chi connectivity index (χ0v) is 11.2. The van der Waals surface area contributed by atoms with Crippen LogP contribution in [0, 0.1) is 0 Å². The van der Waals surface area contributed by atoms with Gasteiger partial charge in [-0.2, -0.15) is 0 Å². The van der Waals surface area contributed by atoms with E-state index < -0.39 is 9.84 Å². The van der Waals surface area contributed by atoms with Crippen molar-refractivity contribution >= 4 is 21.4 Å². The molecule has 1 saturated heterocycles. The number of hydrogen-bond acceptors (Lipinski definition) is 4. The van der Waals surface area contributed by atoms with Crippen LogP contribution in [0.5, 0.6) is 0 Å². The smallest absolute Gasteiger partial charge is 0.152 e. The molecular formula is C11H15ClN2O2S. The molecule has 0 aliphatic carbocycles. The standard InChI is InChI=1S/C11H15ClN2O2S/c1-11(3-5-17(15,16)8-11)14-6-9-2-4-13-7-10(9)12/h2,4,7,14H,3,5-6,8H2,1H3. The van der Waals surface area contributed by atoms with Crippen molar-refractivity contribution in [2.75, 3.05) is 11.5 Å². The van der Waals surface area contributed by atoms with Gasteiger partial charge in [-0.15, -0.1) is 0 Å². The summed E-state index contributed by atoms with van der Waals surface area (Å²) in [5, 5.41) is 3.88. The van der Waals surface area contributed by atoms with Gasteiger partial charge in [-0.3, -0.25) is 4.98 Å². The summed E-state index contributed by atoms with van der Waals surface area (Å²) >= 11 is 5.99. The molecule has 1 atom stereocenters. The van der Waals surface area contributed by atoms with Crippen molar-refractivity contribution in [1.29, 1.82) is 0 Å². The number of halogens is 1. The van der Waals surface area contributed by atoms with Crippen LogP contribution in [0.15, 0.2) is 18.5 Å². The fraction of sp³-hybridized carbons (Fsp3) is 0.545. The van der Waals surface area contributed by atoms with Crippen LogP contribution in [-0.4, -0.2) is 30.4 Å². The predicted octanol–water partition coefficient (Wildman–Crippen LogP) is 1.40. The maximum absolute atomic E-state index is 11.4. The Labute approximate surface area is 106 Å². The third-order valence-corrected chi connectivity index (χ3v) is 5.31. The molecule has 0 amide bonds. The summed E-state index contributed by atoms with van der Waals surface area (Å²) in [5.74, 6) is 0.462. The van der Waals surface area contributed by atoms with E-state index in [1.807, 2.05) is 13.0 Å². The Balaban J connectivity index is 2.02. The molecular weight excluding hydrogens is 260 g/mol. The summed E-state index contributed by atoms with van der Waals surface area (Å²) < 4.78 is 22.9.